The fourth-order valence-electron chi connectivity index (χ4n) is 2.95. The number of carbonyl (C=O) groups excluding carboxylic acids is 1. The van der Waals surface area contributed by atoms with Crippen LogP contribution in [0.4, 0.5) is 11.4 Å². The molecule has 0 N–H and O–H groups in total. The van der Waals surface area contributed by atoms with Crippen LogP contribution < -0.4 is 9.04 Å². The van der Waals surface area contributed by atoms with Crippen molar-refractivity contribution in [2.24, 2.45) is 0 Å². The van der Waals surface area contributed by atoms with Gasteiger partial charge < -0.3 is 4.74 Å². The summed E-state index contributed by atoms with van der Waals surface area (Å²) in [5, 5.41) is 11.5. The Kier molecular flexibility index (Phi) is 4.08. The van der Waals surface area contributed by atoms with Crippen LogP contribution in [0, 0.1) is 10.1 Å². The summed E-state index contributed by atoms with van der Waals surface area (Å²) in [5.41, 5.74) is -1.01. The average molecular weight is 396 g/mol. The summed E-state index contributed by atoms with van der Waals surface area (Å²) in [6.45, 7) is 0. The standard InChI is InChI=1S/C19H12N2O6S/c22-19-18-16(21(23)24)11-15(27-14-9-5-2-6-10-14)12-17(18)28(25,26)20(19)13-7-3-1-4-8-13/h1-12H. The monoisotopic (exact) mass is 396 g/mol. The van der Waals surface area contributed by atoms with Crippen molar-refractivity contribution in [1.29, 1.82) is 0 Å². The molecule has 0 atom stereocenters. The summed E-state index contributed by atoms with van der Waals surface area (Å²) in [7, 11) is -4.32. The molecular formula is C19H12N2O6S. The van der Waals surface area contributed by atoms with Crippen LogP contribution in [0.3, 0.4) is 0 Å². The van der Waals surface area contributed by atoms with Gasteiger partial charge in [0, 0.05) is 6.07 Å². The number of nitrogens with zero attached hydrogens (tertiary/aromatic N) is 2. The largest absolute Gasteiger partial charge is 0.457 e. The zero-order valence-corrected chi connectivity index (χ0v) is 15.0. The minimum atomic E-state index is -4.32. The maximum Gasteiger partial charge on any atom is 0.287 e. The summed E-state index contributed by atoms with van der Waals surface area (Å²) in [5.74, 6) is -0.652. The predicted octanol–water partition coefficient (Wildman–Crippen LogP) is 3.74. The molecule has 0 spiro atoms. The molecule has 1 aliphatic heterocycles. The maximum absolute atomic E-state index is 13.0. The number of sulfonamides is 1. The fraction of sp³-hybridized carbons (Fsp3) is 0. The molecule has 3 aromatic carbocycles. The number of hydrogen-bond donors (Lipinski definition) is 0. The first-order chi connectivity index (χ1) is 13.4. The van der Waals surface area contributed by atoms with Crippen molar-refractivity contribution in [2.45, 2.75) is 4.90 Å². The number of ether oxygens (including phenoxy) is 1. The van der Waals surface area contributed by atoms with Gasteiger partial charge in [-0.1, -0.05) is 36.4 Å². The van der Waals surface area contributed by atoms with Gasteiger partial charge in [-0.05, 0) is 24.3 Å². The Morgan fingerprint density at radius 3 is 2.11 bits per heavy atom. The summed E-state index contributed by atoms with van der Waals surface area (Å²) in [4.78, 5) is 23.1. The molecule has 1 aliphatic rings. The summed E-state index contributed by atoms with van der Waals surface area (Å²) in [6.07, 6.45) is 0. The van der Waals surface area contributed by atoms with Gasteiger partial charge in [0.25, 0.3) is 21.6 Å². The Morgan fingerprint density at radius 1 is 0.893 bits per heavy atom. The first kappa shape index (κ1) is 17.7. The third kappa shape index (κ3) is 2.78. The van der Waals surface area contributed by atoms with Crippen LogP contribution >= 0.6 is 0 Å². The molecule has 0 radical (unpaired) electrons. The molecule has 0 aromatic heterocycles. The topological polar surface area (TPSA) is 107 Å². The highest BCUT2D eigenvalue weighted by molar-refractivity contribution is 7.94. The summed E-state index contributed by atoms with van der Waals surface area (Å²) >= 11 is 0. The number of anilines is 1. The Balaban J connectivity index is 1.90. The number of rotatable bonds is 4. The zero-order valence-electron chi connectivity index (χ0n) is 14.2. The Labute approximate surface area is 159 Å². The van der Waals surface area contributed by atoms with E-state index in [0.717, 1.165) is 12.1 Å². The van der Waals surface area contributed by atoms with Gasteiger partial charge in [-0.2, -0.15) is 4.31 Å². The molecule has 1 heterocycles. The van der Waals surface area contributed by atoms with Gasteiger partial charge in [-0.3, -0.25) is 14.9 Å². The van der Waals surface area contributed by atoms with Crippen molar-refractivity contribution in [1.82, 2.24) is 0 Å². The van der Waals surface area contributed by atoms with Crippen LogP contribution in [-0.4, -0.2) is 19.2 Å². The van der Waals surface area contributed by atoms with E-state index in [-0.39, 0.29) is 11.4 Å². The zero-order chi connectivity index (χ0) is 19.9. The first-order valence-electron chi connectivity index (χ1n) is 8.09. The molecule has 0 saturated carbocycles. The number of amides is 1. The van der Waals surface area contributed by atoms with Gasteiger partial charge in [-0.15, -0.1) is 0 Å². The molecule has 0 unspecified atom stereocenters. The maximum atomic E-state index is 13.0. The average Bonchev–Trinajstić information content (AvgIpc) is 2.88. The van der Waals surface area contributed by atoms with Crippen molar-refractivity contribution in [3.8, 4) is 11.5 Å². The quantitative estimate of drug-likeness (QED) is 0.491. The number of fused-ring (bicyclic) bond motifs is 1. The minimum Gasteiger partial charge on any atom is -0.457 e. The third-order valence-corrected chi connectivity index (χ3v) is 5.87. The van der Waals surface area contributed by atoms with Crippen molar-refractivity contribution in [3.05, 3.63) is 88.5 Å². The third-order valence-electron chi connectivity index (χ3n) is 4.14. The second-order valence-electron chi connectivity index (χ2n) is 5.90. The van der Waals surface area contributed by atoms with Gasteiger partial charge in [0.05, 0.1) is 16.7 Å². The van der Waals surface area contributed by atoms with Crippen LogP contribution in [0.15, 0.2) is 77.7 Å². The SMILES string of the molecule is O=C1c2c([N+](=O)[O-])cc(Oc3ccccc3)cc2S(=O)(=O)N1c1ccccc1. The Morgan fingerprint density at radius 2 is 1.50 bits per heavy atom. The number of nitro groups is 1. The van der Waals surface area contributed by atoms with Gasteiger partial charge in [0.1, 0.15) is 22.0 Å². The molecule has 3 aromatic rings. The van der Waals surface area contributed by atoms with Crippen LogP contribution in [-0.2, 0) is 10.0 Å². The number of carbonyl (C=O) groups is 1. The number of para-hydroxylation sites is 2. The second kappa shape index (κ2) is 6.46. The van der Waals surface area contributed by atoms with Crippen molar-refractivity contribution in [2.75, 3.05) is 4.31 Å². The van der Waals surface area contributed by atoms with E-state index in [2.05, 4.69) is 0 Å². The Bertz CT molecular complexity index is 1190. The lowest BCUT2D eigenvalue weighted by Crippen LogP contribution is -2.29. The molecule has 140 valence electrons. The highest BCUT2D eigenvalue weighted by Gasteiger charge is 2.47. The predicted molar refractivity (Wildman–Crippen MR) is 100 cm³/mol. The number of nitro benzene ring substituents is 1. The van der Waals surface area contributed by atoms with E-state index >= 15 is 0 Å². The van der Waals surface area contributed by atoms with E-state index in [1.54, 1.807) is 48.5 Å². The highest BCUT2D eigenvalue weighted by atomic mass is 32.2. The number of hydrogen-bond acceptors (Lipinski definition) is 6. The van der Waals surface area contributed by atoms with E-state index in [9.17, 15) is 23.3 Å². The highest BCUT2D eigenvalue weighted by Crippen LogP contribution is 2.42. The smallest absolute Gasteiger partial charge is 0.287 e. The van der Waals surface area contributed by atoms with Gasteiger partial charge >= 0.3 is 0 Å². The number of benzene rings is 3. The van der Waals surface area contributed by atoms with Gasteiger partial charge in [-0.25, -0.2) is 8.42 Å². The van der Waals surface area contributed by atoms with E-state index in [4.69, 9.17) is 4.74 Å². The lowest BCUT2D eigenvalue weighted by atomic mass is 10.1. The van der Waals surface area contributed by atoms with Crippen molar-refractivity contribution in [3.63, 3.8) is 0 Å². The molecule has 8 nitrogen and oxygen atoms in total. The van der Waals surface area contributed by atoms with Crippen LogP contribution in [0.25, 0.3) is 0 Å². The summed E-state index contributed by atoms with van der Waals surface area (Å²) in [6, 6.07) is 18.3. The second-order valence-corrected chi connectivity index (χ2v) is 7.65. The van der Waals surface area contributed by atoms with Crippen LogP contribution in [0.2, 0.25) is 0 Å². The van der Waals surface area contributed by atoms with E-state index in [0.29, 0.717) is 10.1 Å². The molecule has 0 aliphatic carbocycles. The normalized spacial score (nSPS) is 14.6. The molecule has 0 bridgehead atoms. The molecule has 28 heavy (non-hydrogen) atoms. The van der Waals surface area contributed by atoms with Crippen LogP contribution in [0.1, 0.15) is 10.4 Å². The lowest BCUT2D eigenvalue weighted by molar-refractivity contribution is -0.385. The first-order valence-corrected chi connectivity index (χ1v) is 9.53. The summed E-state index contributed by atoms with van der Waals surface area (Å²) < 4.78 is 32.1. The molecule has 0 saturated heterocycles. The lowest BCUT2D eigenvalue weighted by Gasteiger charge is -2.14. The minimum absolute atomic E-state index is 0.0528. The van der Waals surface area contributed by atoms with Crippen LogP contribution in [0.5, 0.6) is 11.5 Å². The molecule has 4 rings (SSSR count). The fourth-order valence-corrected chi connectivity index (χ4v) is 4.57. The Hall–Kier alpha value is -3.72. The van der Waals surface area contributed by atoms with E-state index in [1.165, 1.54) is 12.1 Å². The van der Waals surface area contributed by atoms with Crippen molar-refractivity contribution >= 4 is 27.3 Å². The molecule has 1 amide bonds. The molecule has 9 heteroatoms. The van der Waals surface area contributed by atoms with E-state index < -0.39 is 37.0 Å². The van der Waals surface area contributed by atoms with Crippen molar-refractivity contribution < 1.29 is 22.9 Å². The van der Waals surface area contributed by atoms with E-state index in [1.807, 2.05) is 0 Å². The molecular weight excluding hydrogens is 384 g/mol. The van der Waals surface area contributed by atoms with Gasteiger partial charge in [0.15, 0.2) is 0 Å². The van der Waals surface area contributed by atoms with Gasteiger partial charge in [0.2, 0.25) is 0 Å². The molecule has 0 fully saturated rings.